The minimum absolute atomic E-state index is 0.00614. The molecule has 1 amide bonds. The maximum atomic E-state index is 12.7. The van der Waals surface area contributed by atoms with Crippen LogP contribution >= 0.6 is 0 Å². The molecular weight excluding hydrogens is 257 g/mol. The maximum absolute atomic E-state index is 12.7. The van der Waals surface area contributed by atoms with Crippen molar-refractivity contribution in [2.75, 3.05) is 13.1 Å². The van der Waals surface area contributed by atoms with Gasteiger partial charge in [0, 0.05) is 13.1 Å². The van der Waals surface area contributed by atoms with Crippen molar-refractivity contribution in [2.24, 2.45) is 0 Å². The summed E-state index contributed by atoms with van der Waals surface area (Å²) in [6, 6.07) is 5.33. The SMILES string of the molecule is CCCNC(=O)CNCc1ccccc1C(F)(F)F. The summed E-state index contributed by atoms with van der Waals surface area (Å²) >= 11 is 0. The highest BCUT2D eigenvalue weighted by atomic mass is 19.4. The molecule has 0 aliphatic carbocycles. The standard InChI is InChI=1S/C13H17F3N2O/c1-2-7-18-12(19)9-17-8-10-5-3-4-6-11(10)13(14,15)16/h3-6,17H,2,7-9H2,1H3,(H,18,19). The highest BCUT2D eigenvalue weighted by Crippen LogP contribution is 2.31. The van der Waals surface area contributed by atoms with Gasteiger partial charge in [-0.3, -0.25) is 4.79 Å². The van der Waals surface area contributed by atoms with Gasteiger partial charge >= 0.3 is 6.18 Å². The fraction of sp³-hybridized carbons (Fsp3) is 0.462. The van der Waals surface area contributed by atoms with Crippen LogP contribution in [0.5, 0.6) is 0 Å². The van der Waals surface area contributed by atoms with Crippen molar-refractivity contribution >= 4 is 5.91 Å². The molecule has 1 aromatic rings. The van der Waals surface area contributed by atoms with E-state index in [1.807, 2.05) is 6.92 Å². The van der Waals surface area contributed by atoms with Crippen molar-refractivity contribution in [3.63, 3.8) is 0 Å². The van der Waals surface area contributed by atoms with Crippen LogP contribution in [0, 0.1) is 0 Å². The molecular formula is C13H17F3N2O. The van der Waals surface area contributed by atoms with Gasteiger partial charge in [-0.2, -0.15) is 13.2 Å². The number of alkyl halides is 3. The molecule has 6 heteroatoms. The number of benzene rings is 1. The van der Waals surface area contributed by atoms with E-state index >= 15 is 0 Å². The second kappa shape index (κ2) is 7.13. The van der Waals surface area contributed by atoms with Gasteiger partial charge in [0.15, 0.2) is 0 Å². The molecule has 0 aliphatic rings. The van der Waals surface area contributed by atoms with Crippen LogP contribution in [-0.4, -0.2) is 19.0 Å². The fourth-order valence-corrected chi connectivity index (χ4v) is 1.59. The van der Waals surface area contributed by atoms with Crippen LogP contribution in [0.4, 0.5) is 13.2 Å². The second-order valence-electron chi connectivity index (χ2n) is 4.11. The average molecular weight is 274 g/mol. The predicted molar refractivity (Wildman–Crippen MR) is 66.5 cm³/mol. The number of amides is 1. The van der Waals surface area contributed by atoms with Crippen LogP contribution in [0.3, 0.4) is 0 Å². The van der Waals surface area contributed by atoms with Crippen molar-refractivity contribution in [3.8, 4) is 0 Å². The molecule has 0 heterocycles. The van der Waals surface area contributed by atoms with Crippen LogP contribution < -0.4 is 10.6 Å². The van der Waals surface area contributed by atoms with Gasteiger partial charge in [0.2, 0.25) is 5.91 Å². The first-order valence-corrected chi connectivity index (χ1v) is 6.07. The first-order valence-electron chi connectivity index (χ1n) is 6.07. The number of nitrogens with one attached hydrogen (secondary N) is 2. The number of rotatable bonds is 6. The summed E-state index contributed by atoms with van der Waals surface area (Å²) in [5.41, 5.74) is -0.533. The zero-order chi connectivity index (χ0) is 14.3. The molecule has 0 spiro atoms. The maximum Gasteiger partial charge on any atom is 0.416 e. The lowest BCUT2D eigenvalue weighted by molar-refractivity contribution is -0.138. The first-order chi connectivity index (χ1) is 8.95. The highest BCUT2D eigenvalue weighted by Gasteiger charge is 2.32. The fourth-order valence-electron chi connectivity index (χ4n) is 1.59. The van der Waals surface area contributed by atoms with E-state index in [-0.39, 0.29) is 24.6 Å². The van der Waals surface area contributed by atoms with Crippen molar-refractivity contribution in [2.45, 2.75) is 26.1 Å². The normalized spacial score (nSPS) is 11.4. The van der Waals surface area contributed by atoms with E-state index in [2.05, 4.69) is 10.6 Å². The second-order valence-corrected chi connectivity index (χ2v) is 4.11. The van der Waals surface area contributed by atoms with E-state index in [4.69, 9.17) is 0 Å². The van der Waals surface area contributed by atoms with Gasteiger partial charge in [0.1, 0.15) is 0 Å². The molecule has 0 saturated heterocycles. The van der Waals surface area contributed by atoms with Crippen LogP contribution in [0.1, 0.15) is 24.5 Å². The summed E-state index contributed by atoms with van der Waals surface area (Å²) < 4.78 is 38.1. The minimum atomic E-state index is -4.37. The van der Waals surface area contributed by atoms with E-state index in [1.165, 1.54) is 12.1 Å². The molecule has 19 heavy (non-hydrogen) atoms. The van der Waals surface area contributed by atoms with E-state index < -0.39 is 11.7 Å². The Labute approximate surface area is 110 Å². The number of halogens is 3. The van der Waals surface area contributed by atoms with Crippen LogP contribution in [0.2, 0.25) is 0 Å². The van der Waals surface area contributed by atoms with Gasteiger partial charge in [0.25, 0.3) is 0 Å². The Morgan fingerprint density at radius 2 is 1.95 bits per heavy atom. The molecule has 0 radical (unpaired) electrons. The summed E-state index contributed by atoms with van der Waals surface area (Å²) in [6.07, 6.45) is -3.55. The van der Waals surface area contributed by atoms with Crippen LogP contribution in [-0.2, 0) is 17.5 Å². The summed E-state index contributed by atoms with van der Waals surface area (Å²) in [7, 11) is 0. The largest absolute Gasteiger partial charge is 0.416 e. The molecule has 0 aromatic heterocycles. The van der Waals surface area contributed by atoms with Crippen molar-refractivity contribution < 1.29 is 18.0 Å². The Balaban J connectivity index is 2.52. The summed E-state index contributed by atoms with van der Waals surface area (Å²) in [6.45, 7) is 2.51. The quantitative estimate of drug-likeness (QED) is 0.836. The van der Waals surface area contributed by atoms with Gasteiger partial charge in [-0.05, 0) is 18.1 Å². The van der Waals surface area contributed by atoms with Crippen LogP contribution in [0.25, 0.3) is 0 Å². The monoisotopic (exact) mass is 274 g/mol. The van der Waals surface area contributed by atoms with Gasteiger partial charge in [-0.15, -0.1) is 0 Å². The predicted octanol–water partition coefficient (Wildman–Crippen LogP) is 2.32. The Morgan fingerprint density at radius 3 is 2.58 bits per heavy atom. The number of carbonyl (C=O) groups excluding carboxylic acids is 1. The van der Waals surface area contributed by atoms with Crippen molar-refractivity contribution in [1.82, 2.24) is 10.6 Å². The molecule has 1 rings (SSSR count). The summed E-state index contributed by atoms with van der Waals surface area (Å²) in [4.78, 5) is 11.3. The lowest BCUT2D eigenvalue weighted by Crippen LogP contribution is -2.34. The van der Waals surface area contributed by atoms with Gasteiger partial charge in [0.05, 0.1) is 12.1 Å². The van der Waals surface area contributed by atoms with Gasteiger partial charge in [-0.1, -0.05) is 25.1 Å². The van der Waals surface area contributed by atoms with Crippen molar-refractivity contribution in [3.05, 3.63) is 35.4 Å². The Morgan fingerprint density at radius 1 is 1.26 bits per heavy atom. The first kappa shape index (κ1) is 15.5. The van der Waals surface area contributed by atoms with Crippen LogP contribution in [0.15, 0.2) is 24.3 Å². The summed E-state index contributed by atoms with van der Waals surface area (Å²) in [5, 5.41) is 5.35. The Bertz CT molecular complexity index is 419. The number of hydrogen-bond donors (Lipinski definition) is 2. The third-order valence-electron chi connectivity index (χ3n) is 2.50. The van der Waals surface area contributed by atoms with Gasteiger partial charge < -0.3 is 10.6 Å². The molecule has 3 nitrogen and oxygen atoms in total. The molecule has 0 aliphatic heterocycles. The average Bonchev–Trinajstić information content (AvgIpc) is 2.35. The van der Waals surface area contributed by atoms with E-state index in [0.717, 1.165) is 12.5 Å². The zero-order valence-corrected chi connectivity index (χ0v) is 10.7. The molecule has 0 atom stereocenters. The minimum Gasteiger partial charge on any atom is -0.355 e. The lowest BCUT2D eigenvalue weighted by atomic mass is 10.1. The van der Waals surface area contributed by atoms with E-state index in [1.54, 1.807) is 6.07 Å². The molecule has 1 aromatic carbocycles. The molecule has 0 fully saturated rings. The van der Waals surface area contributed by atoms with E-state index in [9.17, 15) is 18.0 Å². The highest BCUT2D eigenvalue weighted by molar-refractivity contribution is 5.77. The Kier molecular flexibility index (Phi) is 5.82. The Hall–Kier alpha value is -1.56. The molecule has 0 unspecified atom stereocenters. The number of carbonyl (C=O) groups is 1. The summed E-state index contributed by atoms with van der Waals surface area (Å²) in [5.74, 6) is -0.216. The molecule has 0 saturated carbocycles. The number of hydrogen-bond acceptors (Lipinski definition) is 2. The van der Waals surface area contributed by atoms with Crippen molar-refractivity contribution in [1.29, 1.82) is 0 Å². The smallest absolute Gasteiger partial charge is 0.355 e. The molecule has 106 valence electrons. The van der Waals surface area contributed by atoms with Gasteiger partial charge in [-0.25, -0.2) is 0 Å². The topological polar surface area (TPSA) is 41.1 Å². The molecule has 2 N–H and O–H groups in total. The molecule has 0 bridgehead atoms. The third-order valence-corrected chi connectivity index (χ3v) is 2.50. The zero-order valence-electron chi connectivity index (χ0n) is 10.7. The van der Waals surface area contributed by atoms with E-state index in [0.29, 0.717) is 6.54 Å². The lowest BCUT2D eigenvalue weighted by Gasteiger charge is -2.13. The third kappa shape index (κ3) is 5.30.